The van der Waals surface area contributed by atoms with Crippen LogP contribution in [0.2, 0.25) is 5.02 Å². The van der Waals surface area contributed by atoms with Gasteiger partial charge in [-0.1, -0.05) is 11.6 Å². The van der Waals surface area contributed by atoms with Crippen LogP contribution in [-0.4, -0.2) is 25.7 Å². The van der Waals surface area contributed by atoms with E-state index in [0.717, 1.165) is 18.4 Å². The number of hydrogen-bond acceptors (Lipinski definition) is 4. The minimum atomic E-state index is -3.67. The number of anilines is 2. The van der Waals surface area contributed by atoms with Gasteiger partial charge in [-0.25, -0.2) is 12.8 Å². The van der Waals surface area contributed by atoms with E-state index in [0.29, 0.717) is 0 Å². The third kappa shape index (κ3) is 4.57. The first-order valence-corrected chi connectivity index (χ1v) is 8.50. The highest BCUT2D eigenvalue weighted by Crippen LogP contribution is 2.24. The van der Waals surface area contributed by atoms with Crippen molar-refractivity contribution in [2.24, 2.45) is 0 Å². The molecule has 9 heteroatoms. The largest absolute Gasteiger partial charge is 0.507 e. The standard InChI is InChI=1S/C14H12ClFN2O4S/c1-23(21,22)18-12-7-9(3-4-11(12)16)17-14(20)10-6-8(15)2-5-13(10)19/h2-7,18-19H,1H3,(H,17,20). The van der Waals surface area contributed by atoms with Crippen molar-refractivity contribution in [3.8, 4) is 5.75 Å². The van der Waals surface area contributed by atoms with E-state index in [-0.39, 0.29) is 27.7 Å². The van der Waals surface area contributed by atoms with E-state index in [1.807, 2.05) is 4.72 Å². The van der Waals surface area contributed by atoms with Gasteiger partial charge in [0.05, 0.1) is 17.5 Å². The molecule has 2 rings (SSSR count). The van der Waals surface area contributed by atoms with Crippen LogP contribution < -0.4 is 10.0 Å². The topological polar surface area (TPSA) is 95.5 Å². The first-order chi connectivity index (χ1) is 10.7. The van der Waals surface area contributed by atoms with Crippen molar-refractivity contribution in [3.05, 3.63) is 52.8 Å². The molecule has 0 aliphatic heterocycles. The van der Waals surface area contributed by atoms with Crippen molar-refractivity contribution < 1.29 is 22.7 Å². The quantitative estimate of drug-likeness (QED) is 0.783. The second-order valence-corrected chi connectivity index (χ2v) is 6.87. The van der Waals surface area contributed by atoms with Gasteiger partial charge in [0.2, 0.25) is 10.0 Å². The fourth-order valence-electron chi connectivity index (χ4n) is 1.77. The second-order valence-electron chi connectivity index (χ2n) is 4.68. The van der Waals surface area contributed by atoms with Gasteiger partial charge in [0, 0.05) is 10.7 Å². The molecule has 2 aromatic carbocycles. The van der Waals surface area contributed by atoms with Crippen molar-refractivity contribution in [1.82, 2.24) is 0 Å². The molecule has 0 heterocycles. The summed E-state index contributed by atoms with van der Waals surface area (Å²) >= 11 is 5.77. The number of sulfonamides is 1. The lowest BCUT2D eigenvalue weighted by Crippen LogP contribution is -2.14. The lowest BCUT2D eigenvalue weighted by molar-refractivity contribution is 0.102. The smallest absolute Gasteiger partial charge is 0.259 e. The molecule has 0 saturated carbocycles. The SMILES string of the molecule is CS(=O)(=O)Nc1cc(NC(=O)c2cc(Cl)ccc2O)ccc1F. The summed E-state index contributed by atoms with van der Waals surface area (Å²) in [6, 6.07) is 7.32. The van der Waals surface area contributed by atoms with Gasteiger partial charge in [-0.2, -0.15) is 0 Å². The van der Waals surface area contributed by atoms with Crippen LogP contribution in [-0.2, 0) is 10.0 Å². The molecule has 2 aromatic rings. The Balaban J connectivity index is 2.28. The number of benzene rings is 2. The minimum absolute atomic E-state index is 0.0700. The highest BCUT2D eigenvalue weighted by Gasteiger charge is 2.14. The summed E-state index contributed by atoms with van der Waals surface area (Å²) in [4.78, 5) is 12.1. The molecule has 0 unspecified atom stereocenters. The van der Waals surface area contributed by atoms with Crippen molar-refractivity contribution in [2.75, 3.05) is 16.3 Å². The number of aromatic hydroxyl groups is 1. The predicted molar refractivity (Wildman–Crippen MR) is 85.9 cm³/mol. The van der Waals surface area contributed by atoms with Crippen LogP contribution in [0.25, 0.3) is 0 Å². The van der Waals surface area contributed by atoms with E-state index >= 15 is 0 Å². The summed E-state index contributed by atoms with van der Waals surface area (Å²) in [5, 5.41) is 12.3. The number of halogens is 2. The second kappa shape index (κ2) is 6.43. The summed E-state index contributed by atoms with van der Waals surface area (Å²) in [7, 11) is -3.67. The number of amides is 1. The molecule has 0 atom stereocenters. The van der Waals surface area contributed by atoms with Crippen LogP contribution in [0, 0.1) is 5.82 Å². The van der Waals surface area contributed by atoms with Crippen LogP contribution in [0.15, 0.2) is 36.4 Å². The first-order valence-electron chi connectivity index (χ1n) is 6.23. The number of phenolic OH excluding ortho intramolecular Hbond substituents is 1. The molecule has 0 saturated heterocycles. The Bertz CT molecular complexity index is 871. The lowest BCUT2D eigenvalue weighted by Gasteiger charge is -2.10. The molecule has 0 fully saturated rings. The summed E-state index contributed by atoms with van der Waals surface area (Å²) < 4.78 is 37.9. The molecule has 0 aromatic heterocycles. The van der Waals surface area contributed by atoms with Crippen molar-refractivity contribution in [2.45, 2.75) is 0 Å². The molecule has 0 aliphatic carbocycles. The zero-order chi connectivity index (χ0) is 17.2. The number of carbonyl (C=O) groups is 1. The molecule has 0 spiro atoms. The Hall–Kier alpha value is -2.32. The molecular formula is C14H12ClFN2O4S. The van der Waals surface area contributed by atoms with E-state index in [1.165, 1.54) is 24.3 Å². The van der Waals surface area contributed by atoms with E-state index in [4.69, 9.17) is 11.6 Å². The molecule has 3 N–H and O–H groups in total. The molecule has 23 heavy (non-hydrogen) atoms. The van der Waals surface area contributed by atoms with Crippen molar-refractivity contribution in [1.29, 1.82) is 0 Å². The van der Waals surface area contributed by atoms with Crippen LogP contribution >= 0.6 is 11.6 Å². The Morgan fingerprint density at radius 1 is 1.22 bits per heavy atom. The molecule has 0 radical (unpaired) electrons. The lowest BCUT2D eigenvalue weighted by atomic mass is 10.2. The number of rotatable bonds is 4. The highest BCUT2D eigenvalue weighted by molar-refractivity contribution is 7.92. The number of carbonyl (C=O) groups excluding carboxylic acids is 1. The summed E-state index contributed by atoms with van der Waals surface area (Å²) in [5.41, 5.74) is -0.234. The predicted octanol–water partition coefficient (Wildman–Crippen LogP) is 2.81. The van der Waals surface area contributed by atoms with Crippen molar-refractivity contribution in [3.63, 3.8) is 0 Å². The zero-order valence-electron chi connectivity index (χ0n) is 11.8. The van der Waals surface area contributed by atoms with E-state index in [2.05, 4.69) is 5.32 Å². The van der Waals surface area contributed by atoms with Crippen LogP contribution in [0.4, 0.5) is 15.8 Å². The maximum atomic E-state index is 13.6. The molecule has 0 aliphatic rings. The maximum absolute atomic E-state index is 13.6. The number of phenols is 1. The molecule has 1 amide bonds. The summed E-state index contributed by atoms with van der Waals surface area (Å²) in [6.45, 7) is 0. The fourth-order valence-corrected chi connectivity index (χ4v) is 2.50. The van der Waals surface area contributed by atoms with Gasteiger partial charge in [0.1, 0.15) is 11.6 Å². The van der Waals surface area contributed by atoms with Gasteiger partial charge in [0.15, 0.2) is 0 Å². The Morgan fingerprint density at radius 3 is 2.57 bits per heavy atom. The van der Waals surface area contributed by atoms with Crippen LogP contribution in [0.3, 0.4) is 0 Å². The highest BCUT2D eigenvalue weighted by atomic mass is 35.5. The summed E-state index contributed by atoms with van der Waals surface area (Å²) in [6.07, 6.45) is 0.877. The van der Waals surface area contributed by atoms with Gasteiger partial charge in [-0.3, -0.25) is 9.52 Å². The number of nitrogens with one attached hydrogen (secondary N) is 2. The van der Waals surface area contributed by atoms with Gasteiger partial charge in [0.25, 0.3) is 5.91 Å². The van der Waals surface area contributed by atoms with Gasteiger partial charge >= 0.3 is 0 Å². The van der Waals surface area contributed by atoms with E-state index < -0.39 is 21.7 Å². The van der Waals surface area contributed by atoms with Crippen LogP contribution in [0.1, 0.15) is 10.4 Å². The third-order valence-electron chi connectivity index (χ3n) is 2.72. The zero-order valence-corrected chi connectivity index (χ0v) is 13.4. The summed E-state index contributed by atoms with van der Waals surface area (Å²) in [5.74, 6) is -1.75. The average Bonchev–Trinajstić information content (AvgIpc) is 2.43. The van der Waals surface area contributed by atoms with Gasteiger partial charge in [-0.05, 0) is 36.4 Å². The first kappa shape index (κ1) is 17.0. The molecule has 0 bridgehead atoms. The van der Waals surface area contributed by atoms with E-state index in [9.17, 15) is 22.7 Å². The molecule has 122 valence electrons. The Kier molecular flexibility index (Phi) is 4.76. The minimum Gasteiger partial charge on any atom is -0.507 e. The average molecular weight is 359 g/mol. The van der Waals surface area contributed by atoms with Gasteiger partial charge < -0.3 is 10.4 Å². The Morgan fingerprint density at radius 2 is 1.91 bits per heavy atom. The molecular weight excluding hydrogens is 347 g/mol. The van der Waals surface area contributed by atoms with E-state index in [1.54, 1.807) is 0 Å². The Labute approximate surface area is 137 Å². The third-order valence-corrected chi connectivity index (χ3v) is 3.55. The number of hydrogen-bond donors (Lipinski definition) is 3. The normalized spacial score (nSPS) is 11.1. The maximum Gasteiger partial charge on any atom is 0.259 e. The molecule has 6 nitrogen and oxygen atoms in total. The van der Waals surface area contributed by atoms with Gasteiger partial charge in [-0.15, -0.1) is 0 Å². The van der Waals surface area contributed by atoms with Crippen LogP contribution in [0.5, 0.6) is 5.75 Å². The monoisotopic (exact) mass is 358 g/mol. The van der Waals surface area contributed by atoms with Crippen molar-refractivity contribution >= 4 is 38.9 Å². The fraction of sp³-hybridized carbons (Fsp3) is 0.0714.